The summed E-state index contributed by atoms with van der Waals surface area (Å²) in [5.41, 5.74) is 7.08. The molecule has 154 valence electrons. The third-order valence-corrected chi connectivity index (χ3v) is 5.27. The van der Waals surface area contributed by atoms with E-state index < -0.39 is 0 Å². The Morgan fingerprint density at radius 2 is 2.11 bits per heavy atom. The summed E-state index contributed by atoms with van der Waals surface area (Å²) in [7, 11) is 0. The van der Waals surface area contributed by atoms with Crippen LogP contribution in [0.2, 0.25) is 0 Å². The molecule has 0 radical (unpaired) electrons. The summed E-state index contributed by atoms with van der Waals surface area (Å²) >= 11 is 0. The molecule has 1 aliphatic rings. The van der Waals surface area contributed by atoms with Gasteiger partial charge in [-0.15, -0.1) is 12.4 Å². The normalized spacial score (nSPS) is 15.7. The van der Waals surface area contributed by atoms with Gasteiger partial charge in [-0.2, -0.15) is 4.98 Å². The number of rotatable bonds is 7. The number of nitrogens with zero attached hydrogens (tertiary/aromatic N) is 2. The SMILES string of the molecule is Cc1cc(-c2noc(CCC(=O)NC(CN)C3CCCCC3)n2)ccc1F.Cl. The van der Waals surface area contributed by atoms with Crippen LogP contribution in [0.15, 0.2) is 22.7 Å². The van der Waals surface area contributed by atoms with Crippen molar-refractivity contribution in [1.82, 2.24) is 15.5 Å². The molecule has 1 amide bonds. The molecule has 0 bridgehead atoms. The van der Waals surface area contributed by atoms with Crippen molar-refractivity contribution in [3.8, 4) is 11.4 Å². The van der Waals surface area contributed by atoms with Gasteiger partial charge in [-0.1, -0.05) is 24.4 Å². The lowest BCUT2D eigenvalue weighted by atomic mass is 9.84. The maximum atomic E-state index is 13.4. The third kappa shape index (κ3) is 5.75. The summed E-state index contributed by atoms with van der Waals surface area (Å²) in [6.07, 6.45) is 6.59. The molecule has 0 aliphatic heterocycles. The molecule has 1 atom stereocenters. The number of hydrogen-bond acceptors (Lipinski definition) is 5. The van der Waals surface area contributed by atoms with Crippen LogP contribution in [0, 0.1) is 18.7 Å². The molecule has 6 nitrogen and oxygen atoms in total. The van der Waals surface area contributed by atoms with Gasteiger partial charge in [-0.3, -0.25) is 4.79 Å². The average molecular weight is 411 g/mol. The van der Waals surface area contributed by atoms with Crippen LogP contribution >= 0.6 is 12.4 Å². The zero-order valence-electron chi connectivity index (χ0n) is 16.1. The molecule has 2 aromatic rings. The Labute approximate surface area is 170 Å². The second-order valence-corrected chi connectivity index (χ2v) is 7.28. The fourth-order valence-electron chi connectivity index (χ4n) is 3.66. The number of benzene rings is 1. The molecule has 3 rings (SSSR count). The van der Waals surface area contributed by atoms with E-state index in [9.17, 15) is 9.18 Å². The van der Waals surface area contributed by atoms with E-state index in [1.807, 2.05) is 0 Å². The Morgan fingerprint density at radius 1 is 1.36 bits per heavy atom. The van der Waals surface area contributed by atoms with Crippen molar-refractivity contribution < 1.29 is 13.7 Å². The number of amides is 1. The van der Waals surface area contributed by atoms with Crippen LogP contribution in [-0.2, 0) is 11.2 Å². The molecule has 1 fully saturated rings. The molecule has 28 heavy (non-hydrogen) atoms. The molecular formula is C20H28ClFN4O2. The van der Waals surface area contributed by atoms with E-state index in [1.165, 1.54) is 25.3 Å². The number of halogens is 2. The smallest absolute Gasteiger partial charge is 0.227 e. The number of carbonyl (C=O) groups is 1. The molecule has 1 unspecified atom stereocenters. The summed E-state index contributed by atoms with van der Waals surface area (Å²) in [6, 6.07) is 4.71. The number of aromatic nitrogens is 2. The van der Waals surface area contributed by atoms with Gasteiger partial charge >= 0.3 is 0 Å². The quantitative estimate of drug-likeness (QED) is 0.727. The number of carbonyl (C=O) groups excluding carboxylic acids is 1. The van der Waals surface area contributed by atoms with Gasteiger partial charge in [0.15, 0.2) is 0 Å². The lowest BCUT2D eigenvalue weighted by Gasteiger charge is -2.30. The summed E-state index contributed by atoms with van der Waals surface area (Å²) in [5, 5.41) is 6.99. The molecule has 1 aromatic carbocycles. The van der Waals surface area contributed by atoms with Crippen molar-refractivity contribution >= 4 is 18.3 Å². The number of nitrogens with one attached hydrogen (secondary N) is 1. The molecule has 1 aliphatic carbocycles. The Bertz CT molecular complexity index is 777. The largest absolute Gasteiger partial charge is 0.352 e. The first kappa shape index (κ1) is 22.3. The van der Waals surface area contributed by atoms with Crippen LogP contribution in [0.5, 0.6) is 0 Å². The van der Waals surface area contributed by atoms with Crippen LogP contribution < -0.4 is 11.1 Å². The first-order chi connectivity index (χ1) is 13.1. The highest BCUT2D eigenvalue weighted by molar-refractivity contribution is 5.85. The molecule has 0 saturated heterocycles. The van der Waals surface area contributed by atoms with Gasteiger partial charge in [-0.05, 0) is 49.4 Å². The summed E-state index contributed by atoms with van der Waals surface area (Å²) < 4.78 is 18.6. The van der Waals surface area contributed by atoms with Crippen LogP contribution in [0.4, 0.5) is 4.39 Å². The topological polar surface area (TPSA) is 94.0 Å². The van der Waals surface area contributed by atoms with E-state index in [2.05, 4.69) is 15.5 Å². The Morgan fingerprint density at radius 3 is 2.79 bits per heavy atom. The van der Waals surface area contributed by atoms with Crippen LogP contribution in [0.25, 0.3) is 11.4 Å². The number of nitrogens with two attached hydrogens (primary N) is 1. The van der Waals surface area contributed by atoms with Crippen molar-refractivity contribution in [1.29, 1.82) is 0 Å². The van der Waals surface area contributed by atoms with E-state index in [4.69, 9.17) is 10.3 Å². The van der Waals surface area contributed by atoms with Gasteiger partial charge in [0.05, 0.1) is 0 Å². The van der Waals surface area contributed by atoms with E-state index in [-0.39, 0.29) is 36.6 Å². The minimum atomic E-state index is -0.272. The van der Waals surface area contributed by atoms with Crippen LogP contribution in [0.3, 0.4) is 0 Å². The Balaban J connectivity index is 0.00000280. The highest BCUT2D eigenvalue weighted by Gasteiger charge is 2.24. The lowest BCUT2D eigenvalue weighted by Crippen LogP contribution is -2.46. The van der Waals surface area contributed by atoms with Gasteiger partial charge in [-0.25, -0.2) is 4.39 Å². The van der Waals surface area contributed by atoms with Crippen LogP contribution in [0.1, 0.15) is 50.0 Å². The molecule has 0 spiro atoms. The zero-order chi connectivity index (χ0) is 19.2. The summed E-state index contributed by atoms with van der Waals surface area (Å²) in [5.74, 6) is 0.948. The van der Waals surface area contributed by atoms with E-state index in [0.29, 0.717) is 41.7 Å². The first-order valence-electron chi connectivity index (χ1n) is 9.65. The van der Waals surface area contributed by atoms with Crippen LogP contribution in [-0.4, -0.2) is 28.6 Å². The molecule has 3 N–H and O–H groups in total. The van der Waals surface area contributed by atoms with Gasteiger partial charge in [0.2, 0.25) is 17.6 Å². The second kappa shape index (κ2) is 10.5. The van der Waals surface area contributed by atoms with Crippen molar-refractivity contribution in [3.05, 3.63) is 35.5 Å². The number of aryl methyl sites for hydroxylation is 2. The van der Waals surface area contributed by atoms with E-state index in [1.54, 1.807) is 19.1 Å². The monoisotopic (exact) mass is 410 g/mol. The van der Waals surface area contributed by atoms with Gasteiger partial charge in [0, 0.05) is 31.0 Å². The second-order valence-electron chi connectivity index (χ2n) is 7.28. The van der Waals surface area contributed by atoms with Gasteiger partial charge < -0.3 is 15.6 Å². The Hall–Kier alpha value is -1.99. The van der Waals surface area contributed by atoms with Crippen molar-refractivity contribution in [2.45, 2.75) is 57.9 Å². The molecule has 8 heteroatoms. The molecule has 1 heterocycles. The lowest BCUT2D eigenvalue weighted by molar-refractivity contribution is -0.122. The van der Waals surface area contributed by atoms with E-state index >= 15 is 0 Å². The molecule has 1 aromatic heterocycles. The van der Waals surface area contributed by atoms with Crippen molar-refractivity contribution in [3.63, 3.8) is 0 Å². The minimum Gasteiger partial charge on any atom is -0.352 e. The van der Waals surface area contributed by atoms with Crippen molar-refractivity contribution in [2.24, 2.45) is 11.7 Å². The average Bonchev–Trinajstić information content (AvgIpc) is 3.16. The third-order valence-electron chi connectivity index (χ3n) is 5.27. The predicted octanol–water partition coefficient (Wildman–Crippen LogP) is 3.56. The number of hydrogen-bond donors (Lipinski definition) is 2. The fraction of sp³-hybridized carbons (Fsp3) is 0.550. The highest BCUT2D eigenvalue weighted by Crippen LogP contribution is 2.26. The molecular weight excluding hydrogens is 383 g/mol. The molecule has 1 saturated carbocycles. The maximum absolute atomic E-state index is 13.4. The maximum Gasteiger partial charge on any atom is 0.227 e. The van der Waals surface area contributed by atoms with E-state index in [0.717, 1.165) is 12.8 Å². The van der Waals surface area contributed by atoms with Gasteiger partial charge in [0.25, 0.3) is 0 Å². The summed E-state index contributed by atoms with van der Waals surface area (Å²) in [4.78, 5) is 16.6. The Kier molecular flexibility index (Phi) is 8.38. The highest BCUT2D eigenvalue weighted by atomic mass is 35.5. The minimum absolute atomic E-state index is 0. The fourth-order valence-corrected chi connectivity index (χ4v) is 3.66. The zero-order valence-corrected chi connectivity index (χ0v) is 16.9. The predicted molar refractivity (Wildman–Crippen MR) is 108 cm³/mol. The standard InChI is InChI=1S/C20H27FN4O2.ClH/c1-13-11-15(7-8-16(13)21)20-24-19(27-25-20)10-9-18(26)23-17(12-22)14-5-3-2-4-6-14;/h7-8,11,14,17H,2-6,9-10,12,22H2,1H3,(H,23,26);1H. The first-order valence-corrected chi connectivity index (χ1v) is 9.65. The van der Waals surface area contributed by atoms with Gasteiger partial charge in [0.1, 0.15) is 5.82 Å². The van der Waals surface area contributed by atoms with Crippen molar-refractivity contribution in [2.75, 3.05) is 6.54 Å². The summed E-state index contributed by atoms with van der Waals surface area (Å²) in [6.45, 7) is 2.15.